The Morgan fingerprint density at radius 1 is 1.38 bits per heavy atom. The van der Waals surface area contributed by atoms with Crippen LogP contribution in [-0.4, -0.2) is 48.4 Å². The van der Waals surface area contributed by atoms with E-state index >= 15 is 0 Å². The molecule has 0 saturated carbocycles. The van der Waals surface area contributed by atoms with Crippen molar-refractivity contribution in [2.75, 3.05) is 26.7 Å². The summed E-state index contributed by atoms with van der Waals surface area (Å²) in [6.45, 7) is 9.38. The lowest BCUT2D eigenvalue weighted by Crippen LogP contribution is -2.43. The van der Waals surface area contributed by atoms with Crippen molar-refractivity contribution in [3.05, 3.63) is 48.0 Å². The van der Waals surface area contributed by atoms with Crippen LogP contribution < -0.4 is 5.32 Å². The summed E-state index contributed by atoms with van der Waals surface area (Å²) in [5.74, 6) is 0.203. The molecule has 0 radical (unpaired) electrons. The molecule has 2 rings (SSSR count). The normalized spacial score (nSPS) is 20.1. The van der Waals surface area contributed by atoms with Gasteiger partial charge < -0.3 is 15.1 Å². The van der Waals surface area contributed by atoms with Gasteiger partial charge in [0.2, 0.25) is 5.91 Å². The van der Waals surface area contributed by atoms with Gasteiger partial charge in [-0.3, -0.25) is 4.79 Å². The smallest absolute Gasteiger partial charge is 0.317 e. The van der Waals surface area contributed by atoms with Crippen molar-refractivity contribution >= 4 is 11.9 Å². The highest BCUT2D eigenvalue weighted by molar-refractivity contribution is 5.80. The van der Waals surface area contributed by atoms with Gasteiger partial charge >= 0.3 is 6.03 Å². The second kappa shape index (κ2) is 7.99. The van der Waals surface area contributed by atoms with Crippen molar-refractivity contribution in [1.29, 1.82) is 0 Å². The highest BCUT2D eigenvalue weighted by Crippen LogP contribution is 2.36. The number of likely N-dealkylation sites (N-methyl/N-ethyl adjacent to an activating group) is 1. The molecule has 0 bridgehead atoms. The van der Waals surface area contributed by atoms with E-state index in [4.69, 9.17) is 0 Å². The predicted molar refractivity (Wildman–Crippen MR) is 95.5 cm³/mol. The van der Waals surface area contributed by atoms with E-state index in [-0.39, 0.29) is 23.9 Å². The predicted octanol–water partition coefficient (Wildman–Crippen LogP) is 2.81. The first-order valence-corrected chi connectivity index (χ1v) is 8.41. The van der Waals surface area contributed by atoms with Crippen LogP contribution in [0.1, 0.15) is 31.9 Å². The molecule has 0 aromatic heterocycles. The quantitative estimate of drug-likeness (QED) is 0.816. The molecule has 1 aromatic rings. The Hall–Kier alpha value is -2.30. The molecule has 0 aliphatic carbocycles. The molecule has 1 heterocycles. The van der Waals surface area contributed by atoms with Gasteiger partial charge in [-0.15, -0.1) is 0 Å². The molecule has 1 aliphatic rings. The minimum atomic E-state index is -0.102. The summed E-state index contributed by atoms with van der Waals surface area (Å²) >= 11 is 0. The monoisotopic (exact) mass is 329 g/mol. The number of nitrogens with one attached hydrogen (secondary N) is 1. The summed E-state index contributed by atoms with van der Waals surface area (Å²) in [4.78, 5) is 28.0. The number of benzene rings is 1. The summed E-state index contributed by atoms with van der Waals surface area (Å²) in [5, 5.41) is 2.99. The van der Waals surface area contributed by atoms with Gasteiger partial charge in [-0.2, -0.15) is 0 Å². The summed E-state index contributed by atoms with van der Waals surface area (Å²) in [6.07, 6.45) is 0.461. The zero-order valence-corrected chi connectivity index (χ0v) is 14.8. The minimum absolute atomic E-state index is 0.00946. The molecule has 130 valence electrons. The maximum atomic E-state index is 12.3. The van der Waals surface area contributed by atoms with Gasteiger partial charge in [0.15, 0.2) is 0 Å². The molecular weight excluding hydrogens is 302 g/mol. The Balaban J connectivity index is 2.03. The molecule has 0 spiro atoms. The lowest BCUT2D eigenvalue weighted by Gasteiger charge is -2.27. The van der Waals surface area contributed by atoms with Crippen LogP contribution in [0, 0.1) is 5.92 Å². The third-order valence-corrected chi connectivity index (χ3v) is 4.48. The fourth-order valence-electron chi connectivity index (χ4n) is 3.26. The number of carbonyl (C=O) groups excluding carboxylic acids is 2. The number of carbonyl (C=O) groups is 2. The lowest BCUT2D eigenvalue weighted by molar-refractivity contribution is -0.127. The zero-order valence-electron chi connectivity index (χ0n) is 14.8. The van der Waals surface area contributed by atoms with Crippen LogP contribution in [-0.2, 0) is 4.79 Å². The zero-order chi connectivity index (χ0) is 17.7. The fourth-order valence-corrected chi connectivity index (χ4v) is 3.26. The third kappa shape index (κ3) is 4.16. The van der Waals surface area contributed by atoms with E-state index in [0.29, 0.717) is 26.1 Å². The number of hydrogen-bond acceptors (Lipinski definition) is 2. The molecular formula is C19H27N3O2. The number of hydrogen-bond donors (Lipinski definition) is 1. The lowest BCUT2D eigenvalue weighted by atomic mass is 9.94. The van der Waals surface area contributed by atoms with Crippen LogP contribution in [0.25, 0.3) is 0 Å². The molecule has 5 heteroatoms. The highest BCUT2D eigenvalue weighted by Gasteiger charge is 2.38. The summed E-state index contributed by atoms with van der Waals surface area (Å²) in [7, 11) is 1.83. The largest absolute Gasteiger partial charge is 0.338 e. The molecule has 1 fully saturated rings. The summed E-state index contributed by atoms with van der Waals surface area (Å²) in [6, 6.07) is 9.90. The van der Waals surface area contributed by atoms with Crippen molar-refractivity contribution in [3.8, 4) is 0 Å². The van der Waals surface area contributed by atoms with Crippen LogP contribution in [0.2, 0.25) is 0 Å². The minimum Gasteiger partial charge on any atom is -0.338 e. The van der Waals surface area contributed by atoms with Crippen LogP contribution >= 0.6 is 0 Å². The highest BCUT2D eigenvalue weighted by atomic mass is 16.2. The number of amides is 3. The molecule has 24 heavy (non-hydrogen) atoms. The average molecular weight is 329 g/mol. The second-order valence-electron chi connectivity index (χ2n) is 6.48. The van der Waals surface area contributed by atoms with Gasteiger partial charge in [-0.05, 0) is 19.4 Å². The number of nitrogens with zero attached hydrogens (tertiary/aromatic N) is 2. The van der Waals surface area contributed by atoms with Crippen LogP contribution in [0.3, 0.4) is 0 Å². The Labute approximate surface area is 144 Å². The molecule has 1 N–H and O–H groups in total. The van der Waals surface area contributed by atoms with E-state index in [2.05, 4.69) is 11.9 Å². The molecule has 1 saturated heterocycles. The van der Waals surface area contributed by atoms with E-state index in [0.717, 1.165) is 11.1 Å². The second-order valence-corrected chi connectivity index (χ2v) is 6.48. The Bertz CT molecular complexity index is 600. The van der Waals surface area contributed by atoms with E-state index in [1.807, 2.05) is 51.2 Å². The van der Waals surface area contributed by atoms with Crippen molar-refractivity contribution in [2.45, 2.75) is 26.3 Å². The maximum Gasteiger partial charge on any atom is 0.317 e. The molecule has 5 nitrogen and oxygen atoms in total. The van der Waals surface area contributed by atoms with Gasteiger partial charge in [0, 0.05) is 39.0 Å². The van der Waals surface area contributed by atoms with Crippen molar-refractivity contribution < 1.29 is 9.59 Å². The molecule has 1 aliphatic heterocycles. The first kappa shape index (κ1) is 18.0. The first-order valence-electron chi connectivity index (χ1n) is 8.41. The fraction of sp³-hybridized carbons (Fsp3) is 0.474. The number of likely N-dealkylation sites (tertiary alicyclic amines) is 1. The van der Waals surface area contributed by atoms with Gasteiger partial charge in [-0.1, -0.05) is 42.5 Å². The van der Waals surface area contributed by atoms with E-state index in [9.17, 15) is 9.59 Å². The van der Waals surface area contributed by atoms with Crippen molar-refractivity contribution in [2.24, 2.45) is 5.92 Å². The SMILES string of the molecule is C=C(C)CN(CC)C(=O)NC[C@@H]1CC(=O)N(C)[C@H]1c1ccccc1. The molecule has 1 aromatic carbocycles. The van der Waals surface area contributed by atoms with Crippen molar-refractivity contribution in [3.63, 3.8) is 0 Å². The average Bonchev–Trinajstić information content (AvgIpc) is 2.85. The summed E-state index contributed by atoms with van der Waals surface area (Å²) < 4.78 is 0. The van der Waals surface area contributed by atoms with Crippen LogP contribution in [0.5, 0.6) is 0 Å². The number of urea groups is 1. The standard InChI is InChI=1S/C19H27N3O2/c1-5-22(13-14(2)3)19(24)20-12-16-11-17(23)21(4)18(16)15-9-7-6-8-10-15/h6-10,16,18H,2,5,11-13H2,1,3-4H3,(H,20,24)/t16-,18-/m0/s1. The Morgan fingerprint density at radius 3 is 2.62 bits per heavy atom. The Morgan fingerprint density at radius 2 is 2.04 bits per heavy atom. The van der Waals surface area contributed by atoms with Gasteiger partial charge in [0.1, 0.15) is 0 Å². The van der Waals surface area contributed by atoms with E-state index in [1.165, 1.54) is 0 Å². The summed E-state index contributed by atoms with van der Waals surface area (Å²) in [5.41, 5.74) is 2.06. The maximum absolute atomic E-state index is 12.3. The van der Waals surface area contributed by atoms with E-state index < -0.39 is 0 Å². The first-order chi connectivity index (χ1) is 11.4. The molecule has 0 unspecified atom stereocenters. The van der Waals surface area contributed by atoms with E-state index in [1.54, 1.807) is 9.80 Å². The topological polar surface area (TPSA) is 52.7 Å². The van der Waals surface area contributed by atoms with Gasteiger partial charge in [0.25, 0.3) is 0 Å². The van der Waals surface area contributed by atoms with Crippen LogP contribution in [0.15, 0.2) is 42.5 Å². The Kier molecular flexibility index (Phi) is 6.01. The van der Waals surface area contributed by atoms with Gasteiger partial charge in [-0.25, -0.2) is 4.79 Å². The number of rotatable bonds is 6. The molecule has 3 amide bonds. The van der Waals surface area contributed by atoms with Gasteiger partial charge in [0.05, 0.1) is 6.04 Å². The van der Waals surface area contributed by atoms with Crippen molar-refractivity contribution in [1.82, 2.24) is 15.1 Å². The third-order valence-electron chi connectivity index (χ3n) is 4.48. The molecule has 2 atom stereocenters. The van der Waals surface area contributed by atoms with Crippen LogP contribution in [0.4, 0.5) is 4.79 Å².